The molecule has 1 fully saturated rings. The first-order chi connectivity index (χ1) is 19.7. The molecule has 0 spiro atoms. The number of pyridine rings is 1. The zero-order valence-electron chi connectivity index (χ0n) is 21.4. The summed E-state index contributed by atoms with van der Waals surface area (Å²) in [5.41, 5.74) is 0.953. The number of anilines is 3. The number of carbonyl (C=O) groups excluding carboxylic acids is 2. The number of benzene rings is 1. The predicted molar refractivity (Wildman–Crippen MR) is 144 cm³/mol. The lowest BCUT2D eigenvalue weighted by atomic mass is 10.1. The van der Waals surface area contributed by atoms with E-state index in [1.165, 1.54) is 47.4 Å². The predicted octanol–water partition coefficient (Wildman–Crippen LogP) is 0.421. The fraction of sp³-hybridized carbons (Fsp3) is 0.250. The fourth-order valence-electron chi connectivity index (χ4n) is 4.12. The number of aliphatic hydroxyl groups excluding tert-OH is 2. The van der Waals surface area contributed by atoms with Crippen molar-refractivity contribution in [3.63, 3.8) is 0 Å². The molecular formula is C24H25N9O7S. The van der Waals surface area contributed by atoms with E-state index >= 15 is 0 Å². The summed E-state index contributed by atoms with van der Waals surface area (Å²) in [6.45, 7) is 2.03. The summed E-state index contributed by atoms with van der Waals surface area (Å²) in [4.78, 5) is 41.1. The molecule has 17 heteroatoms. The van der Waals surface area contributed by atoms with E-state index in [9.17, 15) is 28.2 Å². The summed E-state index contributed by atoms with van der Waals surface area (Å²) >= 11 is 0. The highest BCUT2D eigenvalue weighted by Crippen LogP contribution is 2.32. The smallest absolute Gasteiger partial charge is 0.324 e. The van der Waals surface area contributed by atoms with Gasteiger partial charge in [0.2, 0.25) is 0 Å². The second-order valence-electron chi connectivity index (χ2n) is 8.80. The number of urea groups is 1. The molecule has 1 saturated heterocycles. The molecule has 0 saturated carbocycles. The van der Waals surface area contributed by atoms with Crippen molar-refractivity contribution in [1.29, 1.82) is 0 Å². The van der Waals surface area contributed by atoms with Gasteiger partial charge in [-0.3, -0.25) is 19.4 Å². The third kappa shape index (κ3) is 5.78. The summed E-state index contributed by atoms with van der Waals surface area (Å²) in [6.07, 6.45) is -1.58. The van der Waals surface area contributed by atoms with Gasteiger partial charge in [0, 0.05) is 24.1 Å². The monoisotopic (exact) mass is 583 g/mol. The number of nitrogens with one attached hydrogen (secondary N) is 4. The van der Waals surface area contributed by atoms with Crippen LogP contribution in [0.5, 0.6) is 0 Å². The van der Waals surface area contributed by atoms with Crippen molar-refractivity contribution in [1.82, 2.24) is 29.8 Å². The van der Waals surface area contributed by atoms with Crippen LogP contribution in [-0.4, -0.2) is 79.9 Å². The highest BCUT2D eigenvalue weighted by Gasteiger charge is 2.47. The molecule has 41 heavy (non-hydrogen) atoms. The summed E-state index contributed by atoms with van der Waals surface area (Å²) in [5.74, 6) is -0.530. The minimum absolute atomic E-state index is 0.0410. The Labute approximate surface area is 232 Å². The Bertz CT molecular complexity index is 1670. The van der Waals surface area contributed by atoms with Gasteiger partial charge in [0.1, 0.15) is 18.5 Å². The Morgan fingerprint density at radius 3 is 2.44 bits per heavy atom. The zero-order chi connectivity index (χ0) is 29.1. The van der Waals surface area contributed by atoms with Crippen molar-refractivity contribution in [2.24, 2.45) is 0 Å². The molecule has 4 heterocycles. The molecule has 1 aliphatic rings. The van der Waals surface area contributed by atoms with Gasteiger partial charge >= 0.3 is 6.03 Å². The molecule has 1 aromatic carbocycles. The number of rotatable bonds is 8. The average molecular weight is 584 g/mol. The molecule has 16 nitrogen and oxygen atoms in total. The number of imidazole rings is 1. The van der Waals surface area contributed by atoms with Gasteiger partial charge in [-0.1, -0.05) is 6.07 Å². The van der Waals surface area contributed by atoms with Gasteiger partial charge in [0.05, 0.1) is 6.33 Å². The van der Waals surface area contributed by atoms with Gasteiger partial charge in [-0.25, -0.2) is 24.7 Å². The van der Waals surface area contributed by atoms with Crippen molar-refractivity contribution in [3.05, 3.63) is 61.3 Å². The third-order valence-electron chi connectivity index (χ3n) is 6.02. The van der Waals surface area contributed by atoms with Gasteiger partial charge in [-0.05, 0) is 43.3 Å². The van der Waals surface area contributed by atoms with E-state index in [0.29, 0.717) is 12.2 Å². The SMILES string of the molecule is CCNC(=O)[C@H]1O[C@@H](n2cnc3c(NC(=O)Nc4ccc(NS(=O)(=O)c5ccccn5)cc4)ncnc32)[C@H](O)[C@@H]1O. The van der Waals surface area contributed by atoms with Crippen LogP contribution in [0, 0.1) is 0 Å². The number of ether oxygens (including phenoxy) is 1. The second-order valence-corrected chi connectivity index (χ2v) is 10.4. The van der Waals surface area contributed by atoms with E-state index in [-0.39, 0.29) is 27.7 Å². The molecule has 3 amide bonds. The molecule has 5 rings (SSSR count). The molecule has 3 aromatic heterocycles. The lowest BCUT2D eigenvalue weighted by molar-refractivity contribution is -0.137. The third-order valence-corrected chi connectivity index (χ3v) is 7.32. The summed E-state index contributed by atoms with van der Waals surface area (Å²) in [7, 11) is -3.87. The second kappa shape index (κ2) is 11.4. The van der Waals surface area contributed by atoms with Crippen LogP contribution in [0.2, 0.25) is 0 Å². The number of hydrogen-bond acceptors (Lipinski definition) is 11. The van der Waals surface area contributed by atoms with E-state index in [0.717, 1.165) is 6.33 Å². The van der Waals surface area contributed by atoms with Crippen LogP contribution in [0.1, 0.15) is 13.2 Å². The first-order valence-electron chi connectivity index (χ1n) is 12.3. The van der Waals surface area contributed by atoms with Crippen molar-refractivity contribution in [2.45, 2.75) is 36.5 Å². The van der Waals surface area contributed by atoms with Crippen molar-refractivity contribution in [3.8, 4) is 0 Å². The van der Waals surface area contributed by atoms with E-state index in [4.69, 9.17) is 4.74 Å². The Morgan fingerprint density at radius 2 is 1.73 bits per heavy atom. The topological polar surface area (TPSA) is 223 Å². The molecule has 214 valence electrons. The fourth-order valence-corrected chi connectivity index (χ4v) is 5.12. The highest BCUT2D eigenvalue weighted by molar-refractivity contribution is 7.92. The maximum atomic E-state index is 12.7. The number of hydrogen-bond donors (Lipinski definition) is 6. The van der Waals surface area contributed by atoms with Crippen LogP contribution in [0.4, 0.5) is 22.0 Å². The van der Waals surface area contributed by atoms with E-state index in [1.54, 1.807) is 19.1 Å². The van der Waals surface area contributed by atoms with Gasteiger partial charge in [0.25, 0.3) is 15.9 Å². The van der Waals surface area contributed by atoms with E-state index in [2.05, 4.69) is 40.6 Å². The quantitative estimate of drug-likeness (QED) is 0.167. The normalized spacial score (nSPS) is 20.5. The van der Waals surface area contributed by atoms with Crippen molar-refractivity contribution < 1.29 is 33.0 Å². The van der Waals surface area contributed by atoms with Crippen LogP contribution < -0.4 is 20.7 Å². The summed E-state index contributed by atoms with van der Waals surface area (Å²) in [5, 5.41) is 28.4. The zero-order valence-corrected chi connectivity index (χ0v) is 22.2. The van der Waals surface area contributed by atoms with Crippen molar-refractivity contribution >= 4 is 50.3 Å². The van der Waals surface area contributed by atoms with E-state index in [1.807, 2.05) is 0 Å². The summed E-state index contributed by atoms with van der Waals surface area (Å²) < 4.78 is 34.2. The lowest BCUT2D eigenvalue weighted by Crippen LogP contribution is -2.42. The molecule has 0 aliphatic carbocycles. The van der Waals surface area contributed by atoms with Crippen LogP contribution in [0.25, 0.3) is 11.2 Å². The number of aliphatic hydroxyl groups is 2. The number of carbonyl (C=O) groups is 2. The minimum Gasteiger partial charge on any atom is -0.387 e. The standard InChI is InChI=1S/C24H25N9O7S/c1-2-25-22(36)19-17(34)18(35)23(40-19)33-12-29-16-20(27-11-28-21(16)33)31-24(37)30-13-6-8-14(9-7-13)32-41(38,39)15-5-3-4-10-26-15/h3-12,17-19,23,32,34-35H,2H2,1H3,(H,25,36)(H2,27,28,30,31,37)/t17-,18+,19-,23+/m0/s1. The number of nitrogens with zero attached hydrogens (tertiary/aromatic N) is 5. The Hall–Kier alpha value is -4.71. The Morgan fingerprint density at radius 1 is 0.976 bits per heavy atom. The molecule has 1 aliphatic heterocycles. The first kappa shape index (κ1) is 27.8. The molecule has 4 atom stereocenters. The van der Waals surface area contributed by atoms with Gasteiger partial charge in [-0.2, -0.15) is 8.42 Å². The molecular weight excluding hydrogens is 558 g/mol. The Balaban J connectivity index is 1.26. The number of likely N-dealkylation sites (N-methyl/N-ethyl adjacent to an activating group) is 1. The van der Waals surface area contributed by atoms with Gasteiger partial charge < -0.3 is 25.6 Å². The molecule has 0 bridgehead atoms. The summed E-state index contributed by atoms with van der Waals surface area (Å²) in [6, 6.07) is 9.78. The van der Waals surface area contributed by atoms with Crippen LogP contribution in [0.3, 0.4) is 0 Å². The Kier molecular flexibility index (Phi) is 7.75. The number of amides is 3. The molecule has 4 aromatic rings. The maximum absolute atomic E-state index is 12.7. The van der Waals surface area contributed by atoms with Crippen LogP contribution in [0.15, 0.2) is 66.3 Å². The number of sulfonamides is 1. The maximum Gasteiger partial charge on any atom is 0.324 e. The molecule has 0 unspecified atom stereocenters. The highest BCUT2D eigenvalue weighted by atomic mass is 32.2. The van der Waals surface area contributed by atoms with Crippen LogP contribution in [-0.2, 0) is 19.6 Å². The average Bonchev–Trinajstić information content (AvgIpc) is 3.51. The minimum atomic E-state index is -3.87. The largest absolute Gasteiger partial charge is 0.387 e. The molecule has 6 N–H and O–H groups in total. The van der Waals surface area contributed by atoms with Crippen molar-refractivity contribution in [2.75, 3.05) is 21.9 Å². The van der Waals surface area contributed by atoms with Gasteiger partial charge in [-0.15, -0.1) is 0 Å². The first-order valence-corrected chi connectivity index (χ1v) is 13.7. The van der Waals surface area contributed by atoms with Crippen LogP contribution >= 0.6 is 0 Å². The van der Waals surface area contributed by atoms with E-state index < -0.39 is 46.5 Å². The van der Waals surface area contributed by atoms with Gasteiger partial charge in [0.15, 0.2) is 34.3 Å². The number of fused-ring (bicyclic) bond motifs is 1. The molecule has 0 radical (unpaired) electrons. The number of aromatic nitrogens is 5. The lowest BCUT2D eigenvalue weighted by Gasteiger charge is -2.16.